The summed E-state index contributed by atoms with van der Waals surface area (Å²) in [7, 11) is -0.479. The molecule has 0 saturated carbocycles. The zero-order valence-electron chi connectivity index (χ0n) is 18.3. The number of carbonyl (C=O) groups excluding carboxylic acids is 1. The lowest BCUT2D eigenvalue weighted by molar-refractivity contribution is 0.0600. The molecule has 0 aliphatic heterocycles. The molecule has 0 N–H and O–H groups in total. The maximum atomic E-state index is 11.9. The van der Waals surface area contributed by atoms with E-state index in [1.807, 2.05) is 30.3 Å². The summed E-state index contributed by atoms with van der Waals surface area (Å²) < 4.78 is 22.8. The van der Waals surface area contributed by atoms with Crippen molar-refractivity contribution in [2.75, 3.05) is 20.3 Å². The highest BCUT2D eigenvalue weighted by Gasteiger charge is 2.36. The van der Waals surface area contributed by atoms with E-state index >= 15 is 0 Å². The number of hydrogen-bond donors (Lipinski definition) is 0. The van der Waals surface area contributed by atoms with Gasteiger partial charge in [-0.05, 0) is 41.9 Å². The van der Waals surface area contributed by atoms with Gasteiger partial charge < -0.3 is 18.6 Å². The molecule has 2 aromatic carbocycles. The summed E-state index contributed by atoms with van der Waals surface area (Å²) >= 11 is 0. The largest absolute Gasteiger partial charge is 0.487 e. The van der Waals surface area contributed by atoms with Crippen LogP contribution in [0, 0.1) is 0 Å². The first-order valence-electron chi connectivity index (χ1n) is 9.80. The van der Waals surface area contributed by atoms with Gasteiger partial charge in [0.2, 0.25) is 0 Å². The number of carbonyl (C=O) groups is 1. The van der Waals surface area contributed by atoms with Crippen LogP contribution in [0.15, 0.2) is 48.5 Å². The van der Waals surface area contributed by atoms with Crippen LogP contribution in [0.4, 0.5) is 0 Å². The average Bonchev–Trinajstić information content (AvgIpc) is 2.69. The molecule has 5 nitrogen and oxygen atoms in total. The lowest BCUT2D eigenvalue weighted by atomic mass is 10.2. The molecule has 0 aromatic heterocycles. The van der Waals surface area contributed by atoms with Crippen molar-refractivity contribution in [3.63, 3.8) is 0 Å². The molecule has 158 valence electrons. The maximum absolute atomic E-state index is 11.9. The Hall–Kier alpha value is -2.31. The second kappa shape index (κ2) is 9.94. The van der Waals surface area contributed by atoms with Gasteiger partial charge in [-0.3, -0.25) is 0 Å². The highest BCUT2D eigenvalue weighted by Crippen LogP contribution is 2.36. The lowest BCUT2D eigenvalue weighted by Crippen LogP contribution is -2.41. The van der Waals surface area contributed by atoms with Gasteiger partial charge in [-0.2, -0.15) is 0 Å². The summed E-state index contributed by atoms with van der Waals surface area (Å²) in [5.41, 5.74) is 1.47. The molecule has 29 heavy (non-hydrogen) atoms. The van der Waals surface area contributed by atoms with Crippen molar-refractivity contribution in [2.24, 2.45) is 0 Å². The second-order valence-electron chi connectivity index (χ2n) is 8.38. The van der Waals surface area contributed by atoms with E-state index in [1.54, 1.807) is 18.2 Å². The summed E-state index contributed by atoms with van der Waals surface area (Å²) in [6, 6.07) is 14.9. The average molecular weight is 417 g/mol. The Morgan fingerprint density at radius 3 is 2.24 bits per heavy atom. The van der Waals surface area contributed by atoms with Gasteiger partial charge in [0, 0.05) is 0 Å². The minimum atomic E-state index is -1.84. The maximum Gasteiger partial charge on any atom is 0.337 e. The molecule has 0 heterocycles. The smallest absolute Gasteiger partial charge is 0.337 e. The lowest BCUT2D eigenvalue weighted by Gasteiger charge is -2.36. The Morgan fingerprint density at radius 2 is 1.62 bits per heavy atom. The number of benzene rings is 2. The van der Waals surface area contributed by atoms with Gasteiger partial charge in [0.05, 0.1) is 19.3 Å². The third-order valence-electron chi connectivity index (χ3n) is 5.21. The fourth-order valence-electron chi connectivity index (χ4n) is 2.39. The first kappa shape index (κ1) is 23.0. The monoisotopic (exact) mass is 416 g/mol. The number of methoxy groups -OCH3 is 1. The minimum absolute atomic E-state index is 0.141. The van der Waals surface area contributed by atoms with Crippen molar-refractivity contribution in [2.45, 2.75) is 45.5 Å². The van der Waals surface area contributed by atoms with E-state index in [9.17, 15) is 4.79 Å². The van der Waals surface area contributed by atoms with Gasteiger partial charge in [-0.15, -0.1) is 0 Å². The molecule has 0 spiro atoms. The number of esters is 1. The van der Waals surface area contributed by atoms with Gasteiger partial charge in [0.15, 0.2) is 19.8 Å². The number of hydrogen-bond acceptors (Lipinski definition) is 5. The molecule has 0 aliphatic carbocycles. The Labute approximate surface area is 175 Å². The molecule has 2 aromatic rings. The van der Waals surface area contributed by atoms with Crippen LogP contribution in [0.2, 0.25) is 18.1 Å². The van der Waals surface area contributed by atoms with Crippen LogP contribution in [0.1, 0.15) is 36.7 Å². The Morgan fingerprint density at radius 1 is 0.931 bits per heavy atom. The van der Waals surface area contributed by atoms with Crippen molar-refractivity contribution < 1.29 is 23.4 Å². The van der Waals surface area contributed by atoms with E-state index in [1.165, 1.54) is 7.11 Å². The summed E-state index contributed by atoms with van der Waals surface area (Å²) in [4.78, 5) is 11.9. The molecule has 0 saturated heterocycles. The molecule has 0 amide bonds. The predicted octanol–water partition coefficient (Wildman–Crippen LogP) is 5.45. The summed E-state index contributed by atoms with van der Waals surface area (Å²) in [5, 5.41) is 0.141. The SMILES string of the molecule is COC(=O)c1ccc(OCc2ccccc2)c(OCCO[Si](C)(C)C(C)(C)C)c1. The summed E-state index contributed by atoms with van der Waals surface area (Å²) in [5.74, 6) is 0.665. The van der Waals surface area contributed by atoms with Crippen LogP contribution in [0.3, 0.4) is 0 Å². The molecule has 0 fully saturated rings. The van der Waals surface area contributed by atoms with Crippen molar-refractivity contribution in [3.05, 3.63) is 59.7 Å². The first-order chi connectivity index (χ1) is 13.6. The standard InChI is InChI=1S/C23H32O5Si/c1-23(2,3)29(5,6)28-15-14-26-21-16-19(22(24)25-4)12-13-20(21)27-17-18-10-8-7-9-11-18/h7-13,16H,14-15,17H2,1-6H3. The van der Waals surface area contributed by atoms with Crippen molar-refractivity contribution in [3.8, 4) is 11.5 Å². The highest BCUT2D eigenvalue weighted by atomic mass is 28.4. The van der Waals surface area contributed by atoms with E-state index in [0.29, 0.717) is 36.9 Å². The van der Waals surface area contributed by atoms with Crippen LogP contribution in [0.25, 0.3) is 0 Å². The highest BCUT2D eigenvalue weighted by molar-refractivity contribution is 6.74. The molecule has 0 aliphatic rings. The van der Waals surface area contributed by atoms with Gasteiger partial charge >= 0.3 is 5.97 Å². The molecule has 0 bridgehead atoms. The van der Waals surface area contributed by atoms with Crippen LogP contribution >= 0.6 is 0 Å². The van der Waals surface area contributed by atoms with Crippen molar-refractivity contribution in [1.29, 1.82) is 0 Å². The zero-order valence-corrected chi connectivity index (χ0v) is 19.3. The van der Waals surface area contributed by atoms with Crippen molar-refractivity contribution in [1.82, 2.24) is 0 Å². The van der Waals surface area contributed by atoms with E-state index in [-0.39, 0.29) is 5.04 Å². The molecule has 0 atom stereocenters. The fourth-order valence-corrected chi connectivity index (χ4v) is 3.41. The van der Waals surface area contributed by atoms with Crippen LogP contribution < -0.4 is 9.47 Å². The third kappa shape index (κ3) is 6.61. The Kier molecular flexibility index (Phi) is 7.87. The Bertz CT molecular complexity index is 797. The van der Waals surface area contributed by atoms with E-state index in [0.717, 1.165) is 5.56 Å². The summed E-state index contributed by atoms with van der Waals surface area (Å²) in [6.07, 6.45) is 0. The van der Waals surface area contributed by atoms with Crippen LogP contribution in [0.5, 0.6) is 11.5 Å². The number of rotatable bonds is 9. The van der Waals surface area contributed by atoms with Gasteiger partial charge in [0.25, 0.3) is 0 Å². The van der Waals surface area contributed by atoms with Crippen molar-refractivity contribution >= 4 is 14.3 Å². The molecular weight excluding hydrogens is 384 g/mol. The Balaban J connectivity index is 2.06. The van der Waals surface area contributed by atoms with E-state index in [2.05, 4.69) is 33.9 Å². The van der Waals surface area contributed by atoms with E-state index < -0.39 is 14.3 Å². The predicted molar refractivity (Wildman–Crippen MR) is 117 cm³/mol. The van der Waals surface area contributed by atoms with Crippen LogP contribution in [-0.2, 0) is 15.8 Å². The second-order valence-corrected chi connectivity index (χ2v) is 13.2. The van der Waals surface area contributed by atoms with Gasteiger partial charge in [-0.1, -0.05) is 51.1 Å². The summed E-state index contributed by atoms with van der Waals surface area (Å²) in [6.45, 7) is 12.3. The normalized spacial score (nSPS) is 11.8. The molecule has 2 rings (SSSR count). The van der Waals surface area contributed by atoms with Crippen LogP contribution in [-0.4, -0.2) is 34.6 Å². The quantitative estimate of drug-likeness (QED) is 0.309. The minimum Gasteiger partial charge on any atom is -0.487 e. The van der Waals surface area contributed by atoms with Gasteiger partial charge in [-0.25, -0.2) is 4.79 Å². The molecule has 0 radical (unpaired) electrons. The molecule has 0 unspecified atom stereocenters. The van der Waals surface area contributed by atoms with E-state index in [4.69, 9.17) is 18.6 Å². The number of ether oxygens (including phenoxy) is 3. The first-order valence-corrected chi connectivity index (χ1v) is 12.7. The third-order valence-corrected chi connectivity index (χ3v) is 9.75. The zero-order chi connectivity index (χ0) is 21.5. The molecular formula is C23H32O5Si. The fraction of sp³-hybridized carbons (Fsp3) is 0.435. The topological polar surface area (TPSA) is 54.0 Å². The van der Waals surface area contributed by atoms with Gasteiger partial charge in [0.1, 0.15) is 13.2 Å². The molecule has 6 heteroatoms.